The van der Waals surface area contributed by atoms with Gasteiger partial charge in [0.1, 0.15) is 11.3 Å². The van der Waals surface area contributed by atoms with Gasteiger partial charge < -0.3 is 14.8 Å². The molecule has 0 unspecified atom stereocenters. The Labute approximate surface area is 161 Å². The van der Waals surface area contributed by atoms with Crippen LogP contribution in [0, 0.1) is 0 Å². The largest absolute Gasteiger partial charge is 0.497 e. The summed E-state index contributed by atoms with van der Waals surface area (Å²) in [5.74, 6) is -0.299. The Balaban J connectivity index is 1.79. The summed E-state index contributed by atoms with van der Waals surface area (Å²) in [5.41, 5.74) is 0.398. The van der Waals surface area contributed by atoms with E-state index in [-0.39, 0.29) is 0 Å². The number of nitrogens with one attached hydrogen (secondary N) is 1. The third-order valence-electron chi connectivity index (χ3n) is 4.49. The first kappa shape index (κ1) is 19.1. The third kappa shape index (κ3) is 3.44. The summed E-state index contributed by atoms with van der Waals surface area (Å²) in [5, 5.41) is 7.47. The van der Waals surface area contributed by atoms with Crippen molar-refractivity contribution in [3.05, 3.63) is 65.2 Å². The Bertz CT molecular complexity index is 937. The molecular weight excluding hydrogens is 362 g/mol. The highest BCUT2D eigenvalue weighted by atomic mass is 16.5. The Kier molecular flexibility index (Phi) is 5.12. The molecule has 1 N–H and O–H groups in total. The molecule has 8 heteroatoms. The van der Waals surface area contributed by atoms with Crippen molar-refractivity contribution in [1.29, 1.82) is 0 Å². The van der Waals surface area contributed by atoms with Crippen LogP contribution in [0.4, 0.5) is 4.79 Å². The summed E-state index contributed by atoms with van der Waals surface area (Å²) >= 11 is 0. The van der Waals surface area contributed by atoms with E-state index in [1.54, 1.807) is 62.6 Å². The SMILES string of the molecule is COC(=O)c1ccc(/C=N\N2C(=O)N[C@](C)(c3ccc(OC)cc3)C2=O)cc1. The number of amides is 3. The fraction of sp³-hybridized carbons (Fsp3) is 0.200. The lowest BCUT2D eigenvalue weighted by atomic mass is 9.92. The van der Waals surface area contributed by atoms with Gasteiger partial charge in [0.2, 0.25) is 0 Å². The number of carbonyl (C=O) groups excluding carboxylic acids is 3. The minimum Gasteiger partial charge on any atom is -0.497 e. The average Bonchev–Trinajstić information content (AvgIpc) is 2.95. The topological polar surface area (TPSA) is 97.3 Å². The molecule has 1 aliphatic rings. The van der Waals surface area contributed by atoms with Gasteiger partial charge in [-0.05, 0) is 42.3 Å². The number of hydrogen-bond donors (Lipinski definition) is 1. The van der Waals surface area contributed by atoms with Crippen LogP contribution in [0.3, 0.4) is 0 Å². The van der Waals surface area contributed by atoms with Gasteiger partial charge in [0.15, 0.2) is 0 Å². The molecule has 1 fully saturated rings. The average molecular weight is 381 g/mol. The second kappa shape index (κ2) is 7.51. The molecule has 0 bridgehead atoms. The molecule has 0 aliphatic carbocycles. The number of carbonyl (C=O) groups is 3. The molecular formula is C20H19N3O5. The lowest BCUT2D eigenvalue weighted by Crippen LogP contribution is -2.40. The summed E-state index contributed by atoms with van der Waals surface area (Å²) in [6, 6.07) is 12.7. The number of hydrazone groups is 1. The first-order chi connectivity index (χ1) is 13.4. The summed E-state index contributed by atoms with van der Waals surface area (Å²) in [4.78, 5) is 36.6. The van der Waals surface area contributed by atoms with Crippen LogP contribution in [0.25, 0.3) is 0 Å². The highest BCUT2D eigenvalue weighted by Gasteiger charge is 2.49. The molecule has 1 atom stereocenters. The Morgan fingerprint density at radius 1 is 1.07 bits per heavy atom. The van der Waals surface area contributed by atoms with E-state index in [1.807, 2.05) is 0 Å². The molecule has 0 aromatic heterocycles. The number of nitrogens with zero attached hydrogens (tertiary/aromatic N) is 2. The van der Waals surface area contributed by atoms with Gasteiger partial charge >= 0.3 is 12.0 Å². The highest BCUT2D eigenvalue weighted by molar-refractivity contribution is 6.07. The van der Waals surface area contributed by atoms with E-state index in [4.69, 9.17) is 4.74 Å². The van der Waals surface area contributed by atoms with Gasteiger partial charge in [0.25, 0.3) is 5.91 Å². The number of hydrogen-bond acceptors (Lipinski definition) is 6. The van der Waals surface area contributed by atoms with Crippen molar-refractivity contribution < 1.29 is 23.9 Å². The van der Waals surface area contributed by atoms with Crippen LogP contribution in [0.1, 0.15) is 28.4 Å². The van der Waals surface area contributed by atoms with Crippen molar-refractivity contribution in [1.82, 2.24) is 10.3 Å². The van der Waals surface area contributed by atoms with Crippen LogP contribution in [-0.2, 0) is 15.1 Å². The predicted molar refractivity (Wildman–Crippen MR) is 101 cm³/mol. The van der Waals surface area contributed by atoms with Crippen LogP contribution in [0.15, 0.2) is 53.6 Å². The number of esters is 1. The van der Waals surface area contributed by atoms with Gasteiger partial charge in [-0.1, -0.05) is 24.3 Å². The molecule has 1 aliphatic heterocycles. The van der Waals surface area contributed by atoms with Crippen LogP contribution in [-0.4, -0.2) is 43.4 Å². The van der Waals surface area contributed by atoms with Crippen molar-refractivity contribution in [3.8, 4) is 5.75 Å². The Hall–Kier alpha value is -3.68. The number of rotatable bonds is 5. The zero-order valence-corrected chi connectivity index (χ0v) is 15.6. The number of benzene rings is 2. The first-order valence-electron chi connectivity index (χ1n) is 8.42. The normalized spacial score (nSPS) is 19.0. The van der Waals surface area contributed by atoms with Gasteiger partial charge in [-0.2, -0.15) is 5.10 Å². The second-order valence-electron chi connectivity index (χ2n) is 6.26. The van der Waals surface area contributed by atoms with Crippen LogP contribution in [0.5, 0.6) is 5.75 Å². The number of ether oxygens (including phenoxy) is 2. The van der Waals surface area contributed by atoms with Crippen molar-refractivity contribution in [3.63, 3.8) is 0 Å². The lowest BCUT2D eigenvalue weighted by Gasteiger charge is -2.21. The smallest absolute Gasteiger partial charge is 0.346 e. The standard InChI is InChI=1S/C20H19N3O5/c1-20(15-8-10-16(27-2)11-9-15)18(25)23(19(26)22-20)21-12-13-4-6-14(7-5-13)17(24)28-3/h4-12H,1-3H3,(H,22,26)/b21-12-/t20-/m1/s1. The maximum absolute atomic E-state index is 12.8. The van der Waals surface area contributed by atoms with Gasteiger partial charge in [-0.3, -0.25) is 4.79 Å². The lowest BCUT2D eigenvalue weighted by molar-refractivity contribution is -0.131. The second-order valence-corrected chi connectivity index (χ2v) is 6.26. The predicted octanol–water partition coefficient (Wildman–Crippen LogP) is 2.28. The van der Waals surface area contributed by atoms with E-state index in [0.717, 1.165) is 5.01 Å². The van der Waals surface area contributed by atoms with E-state index in [1.165, 1.54) is 13.3 Å². The van der Waals surface area contributed by atoms with Gasteiger partial charge in [0.05, 0.1) is 26.0 Å². The number of imide groups is 1. The van der Waals surface area contributed by atoms with E-state index >= 15 is 0 Å². The molecule has 1 saturated heterocycles. The number of methoxy groups -OCH3 is 2. The maximum atomic E-state index is 12.8. The molecule has 0 saturated carbocycles. The molecule has 0 spiro atoms. The van der Waals surface area contributed by atoms with E-state index in [2.05, 4.69) is 15.2 Å². The minimum absolute atomic E-state index is 0.390. The van der Waals surface area contributed by atoms with Gasteiger partial charge in [0, 0.05) is 0 Å². The van der Waals surface area contributed by atoms with Gasteiger partial charge in [-0.15, -0.1) is 5.01 Å². The summed E-state index contributed by atoms with van der Waals surface area (Å²) in [6.07, 6.45) is 1.37. The van der Waals surface area contributed by atoms with Crippen molar-refractivity contribution in [2.45, 2.75) is 12.5 Å². The van der Waals surface area contributed by atoms with Crippen molar-refractivity contribution in [2.75, 3.05) is 14.2 Å². The molecule has 2 aromatic rings. The summed E-state index contributed by atoms with van der Waals surface area (Å²) in [7, 11) is 2.85. The summed E-state index contributed by atoms with van der Waals surface area (Å²) in [6.45, 7) is 1.62. The number of urea groups is 1. The molecule has 3 rings (SSSR count). The fourth-order valence-electron chi connectivity index (χ4n) is 2.80. The summed E-state index contributed by atoms with van der Waals surface area (Å²) < 4.78 is 9.76. The van der Waals surface area contributed by atoms with Gasteiger partial charge in [-0.25, -0.2) is 9.59 Å². The van der Waals surface area contributed by atoms with E-state index in [9.17, 15) is 14.4 Å². The molecule has 28 heavy (non-hydrogen) atoms. The molecule has 3 amide bonds. The molecule has 0 radical (unpaired) electrons. The van der Waals surface area contributed by atoms with Crippen LogP contribution < -0.4 is 10.1 Å². The monoisotopic (exact) mass is 381 g/mol. The molecule has 1 heterocycles. The van der Waals surface area contributed by atoms with Crippen molar-refractivity contribution in [2.24, 2.45) is 5.10 Å². The first-order valence-corrected chi connectivity index (χ1v) is 8.42. The van der Waals surface area contributed by atoms with Crippen LogP contribution >= 0.6 is 0 Å². The van der Waals surface area contributed by atoms with E-state index in [0.29, 0.717) is 22.4 Å². The maximum Gasteiger partial charge on any atom is 0.346 e. The van der Waals surface area contributed by atoms with Crippen molar-refractivity contribution >= 4 is 24.1 Å². The molecule has 8 nitrogen and oxygen atoms in total. The molecule has 2 aromatic carbocycles. The zero-order chi connectivity index (χ0) is 20.3. The van der Waals surface area contributed by atoms with Crippen LogP contribution in [0.2, 0.25) is 0 Å². The fourth-order valence-corrected chi connectivity index (χ4v) is 2.80. The zero-order valence-electron chi connectivity index (χ0n) is 15.6. The van der Waals surface area contributed by atoms with E-state index < -0.39 is 23.4 Å². The highest BCUT2D eigenvalue weighted by Crippen LogP contribution is 2.30. The molecule has 144 valence electrons. The Morgan fingerprint density at radius 2 is 1.71 bits per heavy atom. The minimum atomic E-state index is -1.23. The quantitative estimate of drug-likeness (QED) is 0.487. The third-order valence-corrected chi connectivity index (χ3v) is 4.49. The Morgan fingerprint density at radius 3 is 2.29 bits per heavy atom.